The van der Waals surface area contributed by atoms with E-state index in [0.29, 0.717) is 36.2 Å². The van der Waals surface area contributed by atoms with Crippen molar-refractivity contribution in [1.29, 1.82) is 0 Å². The quantitative estimate of drug-likeness (QED) is 0.747. The highest BCUT2D eigenvalue weighted by Crippen LogP contribution is 2.23. The number of carbonyl (C=O) groups is 1. The van der Waals surface area contributed by atoms with Gasteiger partial charge in [0.2, 0.25) is 0 Å². The van der Waals surface area contributed by atoms with Crippen molar-refractivity contribution in [2.75, 3.05) is 33.9 Å². The number of hydrogen-bond donors (Lipinski definition) is 0. The lowest BCUT2D eigenvalue weighted by Gasteiger charge is -2.12. The van der Waals surface area contributed by atoms with E-state index in [-0.39, 0.29) is 5.78 Å². The van der Waals surface area contributed by atoms with Crippen molar-refractivity contribution in [2.45, 2.75) is 19.4 Å². The van der Waals surface area contributed by atoms with E-state index in [1.807, 2.05) is 14.1 Å². The van der Waals surface area contributed by atoms with Gasteiger partial charge in [0.15, 0.2) is 5.78 Å². The third-order valence-corrected chi connectivity index (χ3v) is 3.59. The number of rotatable bonds is 6. The van der Waals surface area contributed by atoms with Gasteiger partial charge < -0.3 is 9.64 Å². The molecule has 1 atom stereocenters. The Kier molecular flexibility index (Phi) is 4.96. The molecule has 19 heavy (non-hydrogen) atoms. The molecule has 0 radical (unpaired) electrons. The maximum atomic E-state index is 12.3. The van der Waals surface area contributed by atoms with Gasteiger partial charge in [-0.1, -0.05) is 11.6 Å². The minimum absolute atomic E-state index is 0.0664. The topological polar surface area (TPSA) is 47.4 Å². The molecule has 2 heterocycles. The van der Waals surface area contributed by atoms with Crippen LogP contribution in [0, 0.1) is 5.92 Å². The molecule has 6 heteroatoms. The highest BCUT2D eigenvalue weighted by Gasteiger charge is 2.24. The second-order valence-corrected chi connectivity index (χ2v) is 5.63. The van der Waals surface area contributed by atoms with Gasteiger partial charge in [-0.2, -0.15) is 5.10 Å². The minimum atomic E-state index is 0.0664. The van der Waals surface area contributed by atoms with Gasteiger partial charge in [0.1, 0.15) is 5.69 Å². The summed E-state index contributed by atoms with van der Waals surface area (Å²) in [5.41, 5.74) is 0.537. The first kappa shape index (κ1) is 14.5. The van der Waals surface area contributed by atoms with Crippen LogP contribution in [0.4, 0.5) is 0 Å². The van der Waals surface area contributed by atoms with Gasteiger partial charge in [0.25, 0.3) is 0 Å². The monoisotopic (exact) mass is 285 g/mol. The summed E-state index contributed by atoms with van der Waals surface area (Å²) in [4.78, 5) is 14.4. The minimum Gasteiger partial charge on any atom is -0.381 e. The molecule has 2 rings (SSSR count). The molecule has 0 N–H and O–H groups in total. The van der Waals surface area contributed by atoms with Crippen molar-refractivity contribution in [1.82, 2.24) is 14.7 Å². The molecule has 0 bridgehead atoms. The number of nitrogens with zero attached hydrogens (tertiary/aromatic N) is 3. The van der Waals surface area contributed by atoms with E-state index >= 15 is 0 Å². The molecular formula is C13H20ClN3O2. The fourth-order valence-electron chi connectivity index (χ4n) is 2.21. The summed E-state index contributed by atoms with van der Waals surface area (Å²) >= 11 is 6.09. The predicted octanol–water partition coefficient (Wildman–Crippen LogP) is 1.71. The number of halogens is 1. The molecule has 1 aromatic rings. The lowest BCUT2D eigenvalue weighted by molar-refractivity contribution is 0.0941. The zero-order valence-corrected chi connectivity index (χ0v) is 12.2. The van der Waals surface area contributed by atoms with Gasteiger partial charge >= 0.3 is 0 Å². The van der Waals surface area contributed by atoms with Gasteiger partial charge in [-0.05, 0) is 26.4 Å². The largest absolute Gasteiger partial charge is 0.381 e. The first-order valence-electron chi connectivity index (χ1n) is 6.55. The molecular weight excluding hydrogens is 266 g/mol. The van der Waals surface area contributed by atoms with Crippen molar-refractivity contribution in [3.63, 3.8) is 0 Å². The Morgan fingerprint density at radius 3 is 3.05 bits per heavy atom. The average molecular weight is 286 g/mol. The maximum Gasteiger partial charge on any atom is 0.182 e. The van der Waals surface area contributed by atoms with Crippen LogP contribution in [0.2, 0.25) is 5.02 Å². The van der Waals surface area contributed by atoms with Crippen LogP contribution in [0.1, 0.15) is 23.3 Å². The Balaban J connectivity index is 2.04. The molecule has 1 fully saturated rings. The van der Waals surface area contributed by atoms with E-state index < -0.39 is 0 Å². The first-order valence-corrected chi connectivity index (χ1v) is 6.92. The van der Waals surface area contributed by atoms with Crippen molar-refractivity contribution in [2.24, 2.45) is 5.92 Å². The summed E-state index contributed by atoms with van der Waals surface area (Å²) in [7, 11) is 3.98. The van der Waals surface area contributed by atoms with Crippen LogP contribution in [-0.4, -0.2) is 54.3 Å². The Hall–Kier alpha value is -0.910. The van der Waals surface area contributed by atoms with Crippen LogP contribution in [-0.2, 0) is 11.3 Å². The number of ketones is 1. The molecule has 0 spiro atoms. The van der Waals surface area contributed by atoms with Gasteiger partial charge in [-0.25, -0.2) is 0 Å². The van der Waals surface area contributed by atoms with Gasteiger partial charge in [0.05, 0.1) is 17.8 Å². The Morgan fingerprint density at radius 1 is 1.63 bits per heavy atom. The Morgan fingerprint density at radius 2 is 2.42 bits per heavy atom. The summed E-state index contributed by atoms with van der Waals surface area (Å²) in [5, 5.41) is 4.64. The summed E-state index contributed by atoms with van der Waals surface area (Å²) < 4.78 is 7.01. The van der Waals surface area contributed by atoms with Crippen LogP contribution in [0.15, 0.2) is 6.20 Å². The van der Waals surface area contributed by atoms with E-state index in [4.69, 9.17) is 16.3 Å². The number of likely N-dealkylation sites (N-methyl/N-ethyl adjacent to an activating group) is 1. The maximum absolute atomic E-state index is 12.3. The fourth-order valence-corrected chi connectivity index (χ4v) is 2.45. The number of hydrogen-bond acceptors (Lipinski definition) is 4. The van der Waals surface area contributed by atoms with Gasteiger partial charge in [-0.3, -0.25) is 9.48 Å². The molecule has 1 aromatic heterocycles. The third-order valence-electron chi connectivity index (χ3n) is 3.32. The summed E-state index contributed by atoms with van der Waals surface area (Å²) in [5.74, 6) is 0.387. The predicted molar refractivity (Wildman–Crippen MR) is 73.7 cm³/mol. The lowest BCUT2D eigenvalue weighted by Crippen LogP contribution is -2.22. The zero-order chi connectivity index (χ0) is 13.8. The third kappa shape index (κ3) is 3.78. The van der Waals surface area contributed by atoms with Gasteiger partial charge in [-0.15, -0.1) is 0 Å². The van der Waals surface area contributed by atoms with Crippen molar-refractivity contribution in [3.05, 3.63) is 16.9 Å². The number of ether oxygens (including phenoxy) is 1. The Labute approximate surface area is 118 Å². The molecule has 0 aromatic carbocycles. The zero-order valence-electron chi connectivity index (χ0n) is 11.4. The van der Waals surface area contributed by atoms with Crippen molar-refractivity contribution in [3.8, 4) is 0 Å². The van der Waals surface area contributed by atoms with Crippen molar-refractivity contribution < 1.29 is 9.53 Å². The first-order chi connectivity index (χ1) is 9.08. The summed E-state index contributed by atoms with van der Waals surface area (Å²) in [6.45, 7) is 2.92. The molecule has 106 valence electrons. The molecule has 0 aliphatic carbocycles. The molecule has 1 aliphatic heterocycles. The summed E-state index contributed by atoms with van der Waals surface area (Å²) in [6.07, 6.45) is 3.00. The second-order valence-electron chi connectivity index (χ2n) is 5.22. The molecule has 1 saturated heterocycles. The normalized spacial score (nSPS) is 19.3. The van der Waals surface area contributed by atoms with E-state index in [1.54, 1.807) is 10.9 Å². The smallest absolute Gasteiger partial charge is 0.182 e. The van der Waals surface area contributed by atoms with E-state index in [1.165, 1.54) is 0 Å². The summed E-state index contributed by atoms with van der Waals surface area (Å²) in [6, 6.07) is 0. The van der Waals surface area contributed by atoms with E-state index in [0.717, 1.165) is 19.6 Å². The van der Waals surface area contributed by atoms with Crippen LogP contribution in [0.3, 0.4) is 0 Å². The molecule has 1 unspecified atom stereocenters. The fraction of sp³-hybridized carbons (Fsp3) is 0.692. The number of Topliss-reactive ketones (excluding diaryl/α,β-unsaturated/α-hetero) is 1. The number of aromatic nitrogens is 2. The second kappa shape index (κ2) is 6.50. The molecule has 0 saturated carbocycles. The Bertz CT molecular complexity index is 439. The average Bonchev–Trinajstić information content (AvgIpc) is 2.96. The van der Waals surface area contributed by atoms with Crippen molar-refractivity contribution >= 4 is 17.4 Å². The molecule has 1 aliphatic rings. The van der Waals surface area contributed by atoms with Crippen LogP contribution >= 0.6 is 11.6 Å². The SMILES string of the molecule is CN(C)CCn1ncc(Cl)c1C(=O)CC1CCOC1. The number of carbonyl (C=O) groups excluding carboxylic acids is 1. The van der Waals surface area contributed by atoms with Gasteiger partial charge in [0, 0.05) is 26.2 Å². The standard InChI is InChI=1S/C13H20ClN3O2/c1-16(2)4-5-17-13(11(14)8-15-17)12(18)7-10-3-6-19-9-10/h8,10H,3-7,9H2,1-2H3. The van der Waals surface area contributed by atoms with Crippen LogP contribution in [0.5, 0.6) is 0 Å². The highest BCUT2D eigenvalue weighted by atomic mass is 35.5. The van der Waals surface area contributed by atoms with E-state index in [2.05, 4.69) is 10.00 Å². The van der Waals surface area contributed by atoms with E-state index in [9.17, 15) is 4.79 Å². The highest BCUT2D eigenvalue weighted by molar-refractivity contribution is 6.33. The van der Waals surface area contributed by atoms with Crippen LogP contribution < -0.4 is 0 Å². The lowest BCUT2D eigenvalue weighted by atomic mass is 10.0. The molecule has 5 nitrogen and oxygen atoms in total. The molecule has 0 amide bonds. The van der Waals surface area contributed by atoms with Crippen LogP contribution in [0.25, 0.3) is 0 Å².